The number of nitrogens with zero attached hydrogens (tertiary/aromatic N) is 2. The summed E-state index contributed by atoms with van der Waals surface area (Å²) in [7, 11) is -4.29. The lowest BCUT2D eigenvalue weighted by Crippen LogP contribution is -2.65. The number of rotatable bonds is 4. The second-order valence-corrected chi connectivity index (χ2v) is 26.5. The monoisotopic (exact) mass is 342 g/mol. The lowest BCUT2D eigenvalue weighted by molar-refractivity contribution is 0.206. The van der Waals surface area contributed by atoms with E-state index in [1.54, 1.807) is 0 Å². The molecule has 0 bridgehead atoms. The van der Waals surface area contributed by atoms with Gasteiger partial charge >= 0.3 is 6.03 Å². The Bertz CT molecular complexity index is 412. The maximum absolute atomic E-state index is 12.9. The molecular weight excluding hydrogens is 308 g/mol. The molecule has 2 saturated heterocycles. The zero-order chi connectivity index (χ0) is 16.2. The van der Waals surface area contributed by atoms with Crippen LogP contribution in [0.1, 0.15) is 12.8 Å². The summed E-state index contributed by atoms with van der Waals surface area (Å²) >= 11 is 0. The van der Waals surface area contributed by atoms with Gasteiger partial charge in [-0.3, -0.25) is 0 Å². The van der Waals surface area contributed by atoms with E-state index < -0.39 is 24.4 Å². The van der Waals surface area contributed by atoms with Crippen molar-refractivity contribution in [2.24, 2.45) is 0 Å². The number of hydrogen-bond acceptors (Lipinski definition) is 1. The maximum Gasteiger partial charge on any atom is 0.312 e. The van der Waals surface area contributed by atoms with Gasteiger partial charge in [-0.2, -0.15) is 0 Å². The van der Waals surface area contributed by atoms with Crippen LogP contribution in [0, 0.1) is 0 Å². The van der Waals surface area contributed by atoms with Crippen molar-refractivity contribution in [3.63, 3.8) is 0 Å². The Morgan fingerprint density at radius 2 is 1.52 bits per heavy atom. The van der Waals surface area contributed by atoms with Gasteiger partial charge in [0.05, 0.1) is 6.04 Å². The Kier molecular flexibility index (Phi) is 4.30. The minimum atomic E-state index is -1.73. The molecule has 1 unspecified atom stereocenters. The van der Waals surface area contributed by atoms with Crippen molar-refractivity contribution in [3.05, 3.63) is 0 Å². The molecule has 2 fully saturated rings. The molecule has 2 aliphatic rings. The fourth-order valence-corrected chi connectivity index (χ4v) is 35.7. The van der Waals surface area contributed by atoms with Gasteiger partial charge in [0.2, 0.25) is 0 Å². The molecule has 2 aliphatic heterocycles. The largest absolute Gasteiger partial charge is 0.350 e. The fourth-order valence-electron chi connectivity index (χ4n) is 5.78. The van der Waals surface area contributed by atoms with Crippen molar-refractivity contribution in [2.45, 2.75) is 76.0 Å². The first-order chi connectivity index (χ1) is 9.37. The van der Waals surface area contributed by atoms with E-state index in [-0.39, 0.29) is 0 Å². The first kappa shape index (κ1) is 17.3. The summed E-state index contributed by atoms with van der Waals surface area (Å²) in [5, 5.41) is 0. The first-order valence-corrected chi connectivity index (χ1v) is 18.6. The summed E-state index contributed by atoms with van der Waals surface area (Å²) in [6.45, 7) is 22.1. The SMILES string of the molecule is C[Si](C)(C)C([Si](C)(C)C)[Si](C)(C)N1CC2CCCN2C1=O. The van der Waals surface area contributed by atoms with Crippen molar-refractivity contribution in [1.29, 1.82) is 0 Å². The molecule has 0 N–H and O–H groups in total. The van der Waals surface area contributed by atoms with Gasteiger partial charge in [0.15, 0.2) is 8.24 Å². The highest BCUT2D eigenvalue weighted by Gasteiger charge is 2.56. The average molecular weight is 343 g/mol. The van der Waals surface area contributed by atoms with Crippen LogP contribution < -0.4 is 0 Å². The van der Waals surface area contributed by atoms with Gasteiger partial charge in [-0.15, -0.1) is 0 Å². The van der Waals surface area contributed by atoms with E-state index in [4.69, 9.17) is 0 Å². The number of carbonyl (C=O) groups is 1. The van der Waals surface area contributed by atoms with Gasteiger partial charge in [-0.25, -0.2) is 4.79 Å². The van der Waals surface area contributed by atoms with Crippen molar-refractivity contribution in [1.82, 2.24) is 9.47 Å². The third-order valence-electron chi connectivity index (χ3n) is 5.38. The van der Waals surface area contributed by atoms with Crippen LogP contribution in [0.15, 0.2) is 0 Å². The molecular formula is C15H34N2OSi3. The molecule has 0 aromatic carbocycles. The summed E-state index contributed by atoms with van der Waals surface area (Å²) in [6, 6.07) is 0.892. The van der Waals surface area contributed by atoms with Crippen LogP contribution in [0.25, 0.3) is 0 Å². The molecule has 1 atom stereocenters. The molecule has 3 nitrogen and oxygen atoms in total. The predicted molar refractivity (Wildman–Crippen MR) is 99.8 cm³/mol. The molecule has 0 aliphatic carbocycles. The predicted octanol–water partition coefficient (Wildman–Crippen LogP) is 4.22. The van der Waals surface area contributed by atoms with E-state index in [2.05, 4.69) is 61.8 Å². The van der Waals surface area contributed by atoms with Crippen LogP contribution in [-0.2, 0) is 0 Å². The average Bonchev–Trinajstić information content (AvgIpc) is 2.76. The van der Waals surface area contributed by atoms with Gasteiger partial charge in [0.1, 0.15) is 0 Å². The molecule has 21 heavy (non-hydrogen) atoms. The zero-order valence-corrected chi connectivity index (χ0v) is 18.3. The van der Waals surface area contributed by atoms with E-state index in [0.717, 1.165) is 17.9 Å². The van der Waals surface area contributed by atoms with E-state index in [0.29, 0.717) is 12.1 Å². The smallest absolute Gasteiger partial charge is 0.312 e. The minimum absolute atomic E-state index is 0.371. The molecule has 0 spiro atoms. The zero-order valence-electron chi connectivity index (χ0n) is 15.3. The summed E-state index contributed by atoms with van der Waals surface area (Å²) in [4.78, 5) is 15.9. The van der Waals surface area contributed by atoms with Crippen molar-refractivity contribution in [3.8, 4) is 0 Å². The normalized spacial score (nSPS) is 24.2. The van der Waals surface area contributed by atoms with E-state index in [1.807, 2.05) is 0 Å². The van der Waals surface area contributed by atoms with Gasteiger partial charge in [0.25, 0.3) is 0 Å². The van der Waals surface area contributed by atoms with Gasteiger partial charge in [-0.05, 0) is 17.6 Å². The molecule has 6 heteroatoms. The molecule has 2 amide bonds. The topological polar surface area (TPSA) is 23.6 Å². The first-order valence-electron chi connectivity index (χ1n) is 8.45. The highest BCUT2D eigenvalue weighted by molar-refractivity contribution is 7.12. The molecule has 122 valence electrons. The van der Waals surface area contributed by atoms with E-state index in [9.17, 15) is 4.79 Å². The highest BCUT2D eigenvalue weighted by atomic mass is 28.5. The van der Waals surface area contributed by atoms with Gasteiger partial charge in [-0.1, -0.05) is 52.4 Å². The molecule has 2 heterocycles. The Hall–Kier alpha value is -0.0794. The van der Waals surface area contributed by atoms with Crippen LogP contribution in [0.4, 0.5) is 4.79 Å². The quantitative estimate of drug-likeness (QED) is 0.702. The van der Waals surface area contributed by atoms with Crippen LogP contribution >= 0.6 is 0 Å². The number of carbonyl (C=O) groups excluding carboxylic acids is 1. The van der Waals surface area contributed by atoms with Gasteiger partial charge in [0, 0.05) is 29.2 Å². The van der Waals surface area contributed by atoms with Crippen LogP contribution in [0.5, 0.6) is 0 Å². The third-order valence-corrected chi connectivity index (χ3v) is 26.7. The summed E-state index contributed by atoms with van der Waals surface area (Å²) in [5.41, 5.74) is 0. The Labute approximate surface area is 134 Å². The van der Waals surface area contributed by atoms with Gasteiger partial charge < -0.3 is 9.47 Å². The fraction of sp³-hybridized carbons (Fsp3) is 0.933. The number of fused-ring (bicyclic) bond motifs is 1. The molecule has 0 aromatic heterocycles. The molecule has 0 saturated carbocycles. The van der Waals surface area contributed by atoms with Crippen LogP contribution in [0.2, 0.25) is 57.2 Å². The molecule has 2 rings (SSSR count). The second-order valence-electron chi connectivity index (χ2n) is 9.70. The summed E-state index contributed by atoms with van der Waals surface area (Å²) < 4.78 is 2.37. The third kappa shape index (κ3) is 3.03. The lowest BCUT2D eigenvalue weighted by atomic mass is 10.2. The Morgan fingerprint density at radius 3 is 1.95 bits per heavy atom. The van der Waals surface area contributed by atoms with Crippen molar-refractivity contribution < 1.29 is 4.79 Å². The number of hydrogen-bond donors (Lipinski definition) is 0. The minimum Gasteiger partial charge on any atom is -0.350 e. The van der Waals surface area contributed by atoms with E-state index in [1.165, 1.54) is 12.8 Å². The standard InChI is InChI=1S/C15H34N2OSi3/c1-19(2,3)15(20(4,5)6)21(7,8)17-12-13-10-9-11-16(13)14(17)18/h13,15H,9-12H2,1-8H3. The van der Waals surface area contributed by atoms with Crippen LogP contribution in [0.3, 0.4) is 0 Å². The summed E-state index contributed by atoms with van der Waals surface area (Å²) in [5.74, 6) is 0. The Balaban J connectivity index is 2.34. The van der Waals surface area contributed by atoms with E-state index >= 15 is 0 Å². The Morgan fingerprint density at radius 1 is 1.00 bits per heavy atom. The highest BCUT2D eigenvalue weighted by Crippen LogP contribution is 2.44. The molecule has 0 aromatic rings. The lowest BCUT2D eigenvalue weighted by Gasteiger charge is -2.51. The number of amides is 2. The molecule has 0 radical (unpaired) electrons. The van der Waals surface area contributed by atoms with Crippen molar-refractivity contribution >= 4 is 30.4 Å². The second kappa shape index (κ2) is 5.23. The summed E-state index contributed by atoms with van der Waals surface area (Å²) in [6.07, 6.45) is 2.43. The van der Waals surface area contributed by atoms with Crippen molar-refractivity contribution in [2.75, 3.05) is 13.1 Å². The number of urea groups is 1. The van der Waals surface area contributed by atoms with Crippen LogP contribution in [-0.4, -0.2) is 59.0 Å². The maximum atomic E-state index is 12.9.